The van der Waals surface area contributed by atoms with Gasteiger partial charge in [0.25, 0.3) is 0 Å². The summed E-state index contributed by atoms with van der Waals surface area (Å²) in [5.74, 6) is 1.70. The van der Waals surface area contributed by atoms with Gasteiger partial charge in [-0.15, -0.1) is 0 Å². The highest BCUT2D eigenvalue weighted by atomic mass is 16.5. The number of methoxy groups -OCH3 is 1. The molecule has 0 saturated heterocycles. The van der Waals surface area contributed by atoms with Crippen molar-refractivity contribution in [2.45, 2.75) is 0 Å². The Morgan fingerprint density at radius 3 is 2.36 bits per heavy atom. The number of rotatable bonds is 2. The minimum absolute atomic E-state index is 0.843. The van der Waals surface area contributed by atoms with Crippen LogP contribution in [0.3, 0.4) is 0 Å². The first-order valence-electron chi connectivity index (χ1n) is 7.24. The third-order valence-corrected chi connectivity index (χ3v) is 3.93. The summed E-state index contributed by atoms with van der Waals surface area (Å²) >= 11 is 0. The molecule has 0 N–H and O–H groups in total. The van der Waals surface area contributed by atoms with E-state index in [-0.39, 0.29) is 0 Å². The van der Waals surface area contributed by atoms with Crippen molar-refractivity contribution in [3.8, 4) is 17.1 Å². The van der Waals surface area contributed by atoms with Gasteiger partial charge in [0.05, 0.1) is 18.1 Å². The van der Waals surface area contributed by atoms with Gasteiger partial charge in [-0.1, -0.05) is 24.3 Å². The highest BCUT2D eigenvalue weighted by Crippen LogP contribution is 2.30. The van der Waals surface area contributed by atoms with Crippen LogP contribution >= 0.6 is 0 Å². The summed E-state index contributed by atoms with van der Waals surface area (Å²) in [6, 6.07) is 24.5. The molecule has 0 atom stereocenters. The molecule has 22 heavy (non-hydrogen) atoms. The van der Waals surface area contributed by atoms with Gasteiger partial charge in [0, 0.05) is 12.1 Å². The fourth-order valence-electron chi connectivity index (χ4n) is 2.76. The SMILES string of the molecule is COc1ccc(-c2ccc3c(ccc4ccccc43)[o+]2)cc1. The molecule has 0 bridgehead atoms. The monoisotopic (exact) mass is 287 g/mol. The van der Waals surface area contributed by atoms with Crippen molar-refractivity contribution in [2.75, 3.05) is 7.11 Å². The third-order valence-electron chi connectivity index (χ3n) is 3.93. The zero-order valence-electron chi connectivity index (χ0n) is 12.2. The Hall–Kier alpha value is -2.87. The third kappa shape index (κ3) is 2.09. The molecule has 2 nitrogen and oxygen atoms in total. The van der Waals surface area contributed by atoms with Crippen molar-refractivity contribution in [2.24, 2.45) is 0 Å². The lowest BCUT2D eigenvalue weighted by molar-refractivity contribution is 0.415. The first-order chi connectivity index (χ1) is 10.8. The standard InChI is InChI=1S/C20H15O2/c1-21-16-9-6-15(7-10-16)19-13-11-18-17-5-3-2-4-14(17)8-12-20(18)22-19/h2-13H,1H3/q+1. The molecule has 2 heteroatoms. The number of ether oxygens (including phenoxy) is 1. The molecule has 1 heterocycles. The van der Waals surface area contributed by atoms with Gasteiger partial charge in [0.1, 0.15) is 5.75 Å². The van der Waals surface area contributed by atoms with E-state index in [1.807, 2.05) is 36.4 Å². The molecule has 0 unspecified atom stereocenters. The summed E-state index contributed by atoms with van der Waals surface area (Å²) in [7, 11) is 1.67. The minimum atomic E-state index is 0.843. The molecule has 0 aliphatic rings. The first-order valence-corrected chi connectivity index (χ1v) is 7.24. The van der Waals surface area contributed by atoms with Gasteiger partial charge in [0.15, 0.2) is 0 Å². The average Bonchev–Trinajstić information content (AvgIpc) is 2.61. The number of hydrogen-bond acceptors (Lipinski definition) is 1. The topological polar surface area (TPSA) is 20.5 Å². The normalized spacial score (nSPS) is 11.0. The van der Waals surface area contributed by atoms with Crippen molar-refractivity contribution in [3.05, 3.63) is 72.8 Å². The maximum Gasteiger partial charge on any atom is 0.361 e. The Morgan fingerprint density at radius 1 is 0.727 bits per heavy atom. The fraction of sp³-hybridized carbons (Fsp3) is 0.0500. The largest absolute Gasteiger partial charge is 0.497 e. The van der Waals surface area contributed by atoms with Crippen LogP contribution < -0.4 is 4.74 Å². The van der Waals surface area contributed by atoms with Gasteiger partial charge in [-0.05, 0) is 47.2 Å². The maximum absolute atomic E-state index is 6.09. The predicted octanol–water partition coefficient (Wildman–Crippen LogP) is 5.54. The predicted molar refractivity (Wildman–Crippen MR) is 90.1 cm³/mol. The lowest BCUT2D eigenvalue weighted by Crippen LogP contribution is -1.83. The quantitative estimate of drug-likeness (QED) is 0.356. The van der Waals surface area contributed by atoms with Gasteiger partial charge >= 0.3 is 11.3 Å². The van der Waals surface area contributed by atoms with E-state index in [1.54, 1.807) is 7.11 Å². The first kappa shape index (κ1) is 12.8. The summed E-state index contributed by atoms with van der Waals surface area (Å²) in [6.45, 7) is 0. The fourth-order valence-corrected chi connectivity index (χ4v) is 2.76. The molecular formula is C20H15O2+. The highest BCUT2D eigenvalue weighted by molar-refractivity contribution is 6.05. The van der Waals surface area contributed by atoms with Crippen LogP contribution in [0.15, 0.2) is 77.2 Å². The molecule has 0 aliphatic carbocycles. The van der Waals surface area contributed by atoms with Crippen LogP contribution in [0.1, 0.15) is 0 Å². The minimum Gasteiger partial charge on any atom is -0.497 e. The van der Waals surface area contributed by atoms with Crippen molar-refractivity contribution in [3.63, 3.8) is 0 Å². The van der Waals surface area contributed by atoms with Crippen molar-refractivity contribution < 1.29 is 9.15 Å². The molecule has 0 amide bonds. The maximum atomic E-state index is 6.09. The van der Waals surface area contributed by atoms with Crippen LogP contribution in [0.25, 0.3) is 33.1 Å². The number of hydrogen-bond donors (Lipinski definition) is 0. The van der Waals surface area contributed by atoms with Crippen molar-refractivity contribution >= 4 is 21.7 Å². The summed E-state index contributed by atoms with van der Waals surface area (Å²) in [5.41, 5.74) is 1.93. The summed E-state index contributed by atoms with van der Waals surface area (Å²) in [4.78, 5) is 0. The lowest BCUT2D eigenvalue weighted by atomic mass is 10.1. The van der Waals surface area contributed by atoms with Crippen LogP contribution in [0.4, 0.5) is 0 Å². The Labute approximate surface area is 128 Å². The van der Waals surface area contributed by atoms with E-state index >= 15 is 0 Å². The Morgan fingerprint density at radius 2 is 1.55 bits per heavy atom. The average molecular weight is 287 g/mol. The Kier molecular flexibility index (Phi) is 3.01. The van der Waals surface area contributed by atoms with E-state index in [0.29, 0.717) is 0 Å². The molecular weight excluding hydrogens is 272 g/mol. The van der Waals surface area contributed by atoms with Gasteiger partial charge in [-0.2, -0.15) is 0 Å². The molecule has 3 aromatic carbocycles. The molecule has 0 spiro atoms. The van der Waals surface area contributed by atoms with Gasteiger partial charge in [-0.3, -0.25) is 0 Å². The van der Waals surface area contributed by atoms with E-state index in [0.717, 1.165) is 28.0 Å². The Bertz CT molecular complexity index is 956. The second-order valence-electron chi connectivity index (χ2n) is 5.23. The molecule has 106 valence electrons. The molecule has 0 aliphatic heterocycles. The van der Waals surface area contributed by atoms with Gasteiger partial charge < -0.3 is 4.74 Å². The molecule has 0 saturated carbocycles. The van der Waals surface area contributed by atoms with Crippen molar-refractivity contribution in [1.29, 1.82) is 0 Å². The van der Waals surface area contributed by atoms with E-state index < -0.39 is 0 Å². The smallest absolute Gasteiger partial charge is 0.361 e. The lowest BCUT2D eigenvalue weighted by Gasteiger charge is -2.00. The second-order valence-corrected chi connectivity index (χ2v) is 5.23. The van der Waals surface area contributed by atoms with E-state index in [1.165, 1.54) is 10.8 Å². The molecule has 4 rings (SSSR count). The number of benzene rings is 3. The van der Waals surface area contributed by atoms with E-state index in [9.17, 15) is 0 Å². The van der Waals surface area contributed by atoms with Gasteiger partial charge in [0.2, 0.25) is 0 Å². The summed E-state index contributed by atoms with van der Waals surface area (Å²) < 4.78 is 11.3. The summed E-state index contributed by atoms with van der Waals surface area (Å²) in [6.07, 6.45) is 0. The van der Waals surface area contributed by atoms with Crippen LogP contribution in [-0.2, 0) is 0 Å². The molecule has 1 aromatic heterocycles. The second kappa shape index (κ2) is 5.15. The summed E-state index contributed by atoms with van der Waals surface area (Å²) in [5, 5.41) is 3.57. The molecule has 0 fully saturated rings. The number of fused-ring (bicyclic) bond motifs is 3. The van der Waals surface area contributed by atoms with Crippen LogP contribution in [-0.4, -0.2) is 7.11 Å². The van der Waals surface area contributed by atoms with Crippen molar-refractivity contribution in [1.82, 2.24) is 0 Å². The Balaban J connectivity index is 1.88. The van der Waals surface area contributed by atoms with Crippen LogP contribution in [0.2, 0.25) is 0 Å². The molecule has 0 radical (unpaired) electrons. The van der Waals surface area contributed by atoms with E-state index in [4.69, 9.17) is 9.15 Å². The molecule has 4 aromatic rings. The zero-order valence-corrected chi connectivity index (χ0v) is 12.2. The zero-order chi connectivity index (χ0) is 14.9. The highest BCUT2D eigenvalue weighted by Gasteiger charge is 2.15. The van der Waals surface area contributed by atoms with Crippen LogP contribution in [0.5, 0.6) is 5.75 Å². The van der Waals surface area contributed by atoms with E-state index in [2.05, 4.69) is 36.4 Å². The van der Waals surface area contributed by atoms with Gasteiger partial charge in [-0.25, -0.2) is 4.42 Å². The van der Waals surface area contributed by atoms with Crippen LogP contribution in [0, 0.1) is 0 Å².